The van der Waals surface area contributed by atoms with Crippen LogP contribution in [0.2, 0.25) is 0 Å². The lowest BCUT2D eigenvalue weighted by Gasteiger charge is -2.23. The molecule has 0 aromatic heterocycles. The Morgan fingerprint density at radius 2 is 1.67 bits per heavy atom. The number of imide groups is 1. The molecule has 27 heavy (non-hydrogen) atoms. The van der Waals surface area contributed by atoms with E-state index < -0.39 is 16.5 Å². The number of nitro benzene ring substituents is 1. The van der Waals surface area contributed by atoms with Gasteiger partial charge in [-0.2, -0.15) is 0 Å². The van der Waals surface area contributed by atoms with Crippen LogP contribution in [0.1, 0.15) is 43.4 Å². The van der Waals surface area contributed by atoms with Gasteiger partial charge in [0, 0.05) is 12.1 Å². The topological polar surface area (TPSA) is 92.6 Å². The van der Waals surface area contributed by atoms with Crippen molar-refractivity contribution in [1.29, 1.82) is 0 Å². The number of benzene rings is 2. The van der Waals surface area contributed by atoms with E-state index in [1.54, 1.807) is 19.1 Å². The zero-order valence-corrected chi connectivity index (χ0v) is 15.4. The summed E-state index contributed by atoms with van der Waals surface area (Å²) in [5, 5.41) is 13.5. The normalized spacial score (nSPS) is 19.5. The molecule has 1 aliphatic rings. The second kappa shape index (κ2) is 6.83. The van der Waals surface area contributed by atoms with Gasteiger partial charge in [0.15, 0.2) is 0 Å². The molecule has 0 radical (unpaired) electrons. The van der Waals surface area contributed by atoms with Gasteiger partial charge in [0.2, 0.25) is 0 Å². The average Bonchev–Trinajstić information content (AvgIpc) is 2.86. The van der Waals surface area contributed by atoms with Crippen LogP contribution in [0.25, 0.3) is 0 Å². The Labute approximate surface area is 157 Å². The second-order valence-electron chi connectivity index (χ2n) is 7.15. The minimum absolute atomic E-state index is 0.0361. The van der Waals surface area contributed by atoms with E-state index in [1.807, 2.05) is 24.3 Å². The maximum atomic E-state index is 13.0. The standard InChI is InChI=1S/C20H21N3O4/c1-13(2)15-6-8-16(9-7-15)20(3)18(24)22(19(25)21-20)12-14-4-10-17(11-5-14)23(26)27/h4-11,13H,12H2,1-3H3,(H,21,25)/t20-/m1/s1. The molecule has 0 saturated carbocycles. The largest absolute Gasteiger partial charge is 0.325 e. The fraction of sp³-hybridized carbons (Fsp3) is 0.300. The number of hydrogen-bond acceptors (Lipinski definition) is 4. The zero-order chi connectivity index (χ0) is 19.8. The number of non-ortho nitro benzene ring substituents is 1. The maximum Gasteiger partial charge on any atom is 0.325 e. The number of hydrogen-bond donors (Lipinski definition) is 1. The average molecular weight is 367 g/mol. The Kier molecular flexibility index (Phi) is 4.70. The van der Waals surface area contributed by atoms with Crippen LogP contribution in [-0.4, -0.2) is 21.8 Å². The SMILES string of the molecule is CC(C)c1ccc([C@@]2(C)NC(=O)N(Cc3ccc([N+](=O)[O-])cc3)C2=O)cc1. The van der Waals surface area contributed by atoms with Gasteiger partial charge in [-0.05, 0) is 29.5 Å². The highest BCUT2D eigenvalue weighted by Crippen LogP contribution is 2.31. The molecule has 1 fully saturated rings. The van der Waals surface area contributed by atoms with E-state index in [9.17, 15) is 19.7 Å². The number of urea groups is 1. The van der Waals surface area contributed by atoms with E-state index >= 15 is 0 Å². The monoisotopic (exact) mass is 367 g/mol. The number of nitrogens with one attached hydrogen (secondary N) is 1. The Balaban J connectivity index is 1.82. The van der Waals surface area contributed by atoms with Crippen molar-refractivity contribution in [3.8, 4) is 0 Å². The number of amides is 3. The fourth-order valence-corrected chi connectivity index (χ4v) is 3.14. The van der Waals surface area contributed by atoms with E-state index in [0.717, 1.165) is 16.0 Å². The van der Waals surface area contributed by atoms with Crippen molar-refractivity contribution < 1.29 is 14.5 Å². The number of nitro groups is 1. The second-order valence-corrected chi connectivity index (χ2v) is 7.15. The summed E-state index contributed by atoms with van der Waals surface area (Å²) < 4.78 is 0. The third-order valence-electron chi connectivity index (χ3n) is 4.92. The van der Waals surface area contributed by atoms with Crippen molar-refractivity contribution in [2.75, 3.05) is 0 Å². The first-order valence-electron chi connectivity index (χ1n) is 8.70. The smallest absolute Gasteiger partial charge is 0.319 e. The maximum absolute atomic E-state index is 13.0. The lowest BCUT2D eigenvalue weighted by atomic mass is 9.90. The Morgan fingerprint density at radius 3 is 2.19 bits per heavy atom. The number of nitrogens with zero attached hydrogens (tertiary/aromatic N) is 2. The molecule has 7 nitrogen and oxygen atoms in total. The Bertz CT molecular complexity index is 890. The summed E-state index contributed by atoms with van der Waals surface area (Å²) in [6.45, 7) is 5.92. The van der Waals surface area contributed by atoms with Crippen LogP contribution < -0.4 is 5.32 Å². The van der Waals surface area contributed by atoms with Gasteiger partial charge in [-0.3, -0.25) is 19.8 Å². The number of rotatable bonds is 5. The van der Waals surface area contributed by atoms with Gasteiger partial charge in [0.05, 0.1) is 11.5 Å². The van der Waals surface area contributed by atoms with Crippen LogP contribution >= 0.6 is 0 Å². The molecular formula is C20H21N3O4. The zero-order valence-electron chi connectivity index (χ0n) is 15.4. The summed E-state index contributed by atoms with van der Waals surface area (Å²) in [6, 6.07) is 13.0. The predicted octanol–water partition coefficient (Wildman–Crippen LogP) is 3.69. The van der Waals surface area contributed by atoms with Gasteiger partial charge in [-0.1, -0.05) is 50.2 Å². The first-order chi connectivity index (χ1) is 12.7. The summed E-state index contributed by atoms with van der Waals surface area (Å²) in [5.74, 6) is 0.0301. The van der Waals surface area contributed by atoms with Crippen LogP contribution in [0, 0.1) is 10.1 Å². The minimum atomic E-state index is -1.13. The van der Waals surface area contributed by atoms with Gasteiger partial charge >= 0.3 is 6.03 Å². The minimum Gasteiger partial charge on any atom is -0.319 e. The number of carbonyl (C=O) groups is 2. The van der Waals surface area contributed by atoms with E-state index in [-0.39, 0.29) is 18.1 Å². The highest BCUT2D eigenvalue weighted by Gasteiger charge is 2.48. The summed E-state index contributed by atoms with van der Waals surface area (Å²) in [5.41, 5.74) is 1.35. The van der Waals surface area contributed by atoms with Crippen molar-refractivity contribution in [2.45, 2.75) is 38.8 Å². The van der Waals surface area contributed by atoms with Gasteiger partial charge in [0.1, 0.15) is 5.54 Å². The van der Waals surface area contributed by atoms with Gasteiger partial charge in [0.25, 0.3) is 11.6 Å². The van der Waals surface area contributed by atoms with E-state index in [1.165, 1.54) is 12.1 Å². The van der Waals surface area contributed by atoms with Gasteiger partial charge in [-0.15, -0.1) is 0 Å². The van der Waals surface area contributed by atoms with Gasteiger partial charge in [-0.25, -0.2) is 4.79 Å². The highest BCUT2D eigenvalue weighted by molar-refractivity contribution is 6.07. The van der Waals surface area contributed by atoms with Crippen LogP contribution in [0.3, 0.4) is 0 Å². The lowest BCUT2D eigenvalue weighted by Crippen LogP contribution is -2.40. The molecule has 0 bridgehead atoms. The predicted molar refractivity (Wildman–Crippen MR) is 100 cm³/mol. The molecule has 1 heterocycles. The Hall–Kier alpha value is -3.22. The molecule has 0 aliphatic carbocycles. The summed E-state index contributed by atoms with van der Waals surface area (Å²) in [6.07, 6.45) is 0. The van der Waals surface area contributed by atoms with E-state index in [2.05, 4.69) is 19.2 Å². The lowest BCUT2D eigenvalue weighted by molar-refractivity contribution is -0.384. The first-order valence-corrected chi connectivity index (χ1v) is 8.70. The molecule has 2 aromatic carbocycles. The van der Waals surface area contributed by atoms with Crippen LogP contribution in [0.5, 0.6) is 0 Å². The molecule has 3 amide bonds. The third-order valence-corrected chi connectivity index (χ3v) is 4.92. The quantitative estimate of drug-likeness (QED) is 0.495. The molecule has 1 atom stereocenters. The molecule has 1 aliphatic heterocycles. The summed E-state index contributed by atoms with van der Waals surface area (Å²) in [4.78, 5) is 36.8. The molecule has 1 N–H and O–H groups in total. The molecule has 0 unspecified atom stereocenters. The third kappa shape index (κ3) is 3.40. The molecule has 2 aromatic rings. The van der Waals surface area contributed by atoms with Crippen LogP contribution in [-0.2, 0) is 16.9 Å². The van der Waals surface area contributed by atoms with Crippen molar-refractivity contribution in [3.63, 3.8) is 0 Å². The van der Waals surface area contributed by atoms with Gasteiger partial charge < -0.3 is 5.32 Å². The summed E-state index contributed by atoms with van der Waals surface area (Å²) in [7, 11) is 0. The van der Waals surface area contributed by atoms with Crippen molar-refractivity contribution >= 4 is 17.6 Å². The van der Waals surface area contributed by atoms with Crippen LogP contribution in [0.4, 0.5) is 10.5 Å². The Morgan fingerprint density at radius 1 is 1.07 bits per heavy atom. The molecule has 140 valence electrons. The first kappa shape index (κ1) is 18.6. The molecule has 0 spiro atoms. The van der Waals surface area contributed by atoms with Crippen molar-refractivity contribution in [3.05, 3.63) is 75.3 Å². The fourth-order valence-electron chi connectivity index (χ4n) is 3.14. The molecule has 3 rings (SSSR count). The molecule has 1 saturated heterocycles. The van der Waals surface area contributed by atoms with Crippen LogP contribution in [0.15, 0.2) is 48.5 Å². The van der Waals surface area contributed by atoms with Crippen molar-refractivity contribution in [1.82, 2.24) is 10.2 Å². The van der Waals surface area contributed by atoms with Crippen molar-refractivity contribution in [2.24, 2.45) is 0 Å². The summed E-state index contributed by atoms with van der Waals surface area (Å²) >= 11 is 0. The number of carbonyl (C=O) groups excluding carboxylic acids is 2. The van der Waals surface area contributed by atoms with E-state index in [0.29, 0.717) is 11.5 Å². The van der Waals surface area contributed by atoms with E-state index in [4.69, 9.17) is 0 Å². The highest BCUT2D eigenvalue weighted by atomic mass is 16.6. The molecular weight excluding hydrogens is 346 g/mol. The molecule has 7 heteroatoms.